The van der Waals surface area contributed by atoms with Crippen molar-refractivity contribution in [1.82, 2.24) is 0 Å². The standard InChI is InChI=1S/C8H9F2NO.ClH/c1-12-6-3-2-5(4-11)7(9)8(6)10;/h2-3H,4,11H2,1H3;1H. The van der Waals surface area contributed by atoms with Gasteiger partial charge in [0.15, 0.2) is 11.6 Å². The van der Waals surface area contributed by atoms with Crippen LogP contribution < -0.4 is 10.5 Å². The molecule has 1 aromatic rings. The van der Waals surface area contributed by atoms with E-state index in [2.05, 4.69) is 4.74 Å². The van der Waals surface area contributed by atoms with E-state index < -0.39 is 11.6 Å². The summed E-state index contributed by atoms with van der Waals surface area (Å²) >= 11 is 0. The van der Waals surface area contributed by atoms with Crippen LogP contribution in [0, 0.1) is 11.6 Å². The highest BCUT2D eigenvalue weighted by molar-refractivity contribution is 5.85. The van der Waals surface area contributed by atoms with Crippen LogP contribution in [0.5, 0.6) is 5.75 Å². The summed E-state index contributed by atoms with van der Waals surface area (Å²) in [6, 6.07) is 2.75. The van der Waals surface area contributed by atoms with Crippen molar-refractivity contribution in [1.29, 1.82) is 0 Å². The molecule has 0 saturated carbocycles. The van der Waals surface area contributed by atoms with E-state index in [1.165, 1.54) is 19.2 Å². The average Bonchev–Trinajstić information content (AvgIpc) is 2.10. The van der Waals surface area contributed by atoms with Crippen LogP contribution in [0.1, 0.15) is 5.56 Å². The predicted molar refractivity (Wildman–Crippen MR) is 48.0 cm³/mol. The third kappa shape index (κ3) is 2.29. The molecule has 0 saturated heterocycles. The lowest BCUT2D eigenvalue weighted by Gasteiger charge is -2.04. The molecule has 74 valence electrons. The van der Waals surface area contributed by atoms with Gasteiger partial charge in [-0.3, -0.25) is 0 Å². The molecular weight excluding hydrogens is 200 g/mol. The van der Waals surface area contributed by atoms with E-state index >= 15 is 0 Å². The second kappa shape index (κ2) is 4.99. The summed E-state index contributed by atoms with van der Waals surface area (Å²) in [6.45, 7) is -0.0211. The normalized spacial score (nSPS) is 9.23. The van der Waals surface area contributed by atoms with Crippen molar-refractivity contribution in [3.05, 3.63) is 29.3 Å². The summed E-state index contributed by atoms with van der Waals surface area (Å²) in [7, 11) is 1.28. The molecule has 0 aliphatic heterocycles. The van der Waals surface area contributed by atoms with Gasteiger partial charge in [-0.2, -0.15) is 4.39 Å². The first-order chi connectivity index (χ1) is 5.70. The summed E-state index contributed by atoms with van der Waals surface area (Å²) in [5.41, 5.74) is 5.31. The van der Waals surface area contributed by atoms with E-state index in [1.807, 2.05) is 0 Å². The lowest BCUT2D eigenvalue weighted by molar-refractivity contribution is 0.370. The van der Waals surface area contributed by atoms with Gasteiger partial charge in [0.05, 0.1) is 7.11 Å². The molecule has 2 nitrogen and oxygen atoms in total. The first-order valence-corrected chi connectivity index (χ1v) is 3.41. The number of hydrogen-bond donors (Lipinski definition) is 1. The molecule has 5 heteroatoms. The molecule has 0 amide bonds. The second-order valence-corrected chi connectivity index (χ2v) is 2.26. The first kappa shape index (κ1) is 12.1. The molecule has 0 fully saturated rings. The molecule has 0 atom stereocenters. The van der Waals surface area contributed by atoms with Crippen molar-refractivity contribution in [3.8, 4) is 5.75 Å². The maximum Gasteiger partial charge on any atom is 0.200 e. The van der Waals surface area contributed by atoms with Crippen LogP contribution in [0.4, 0.5) is 8.78 Å². The summed E-state index contributed by atoms with van der Waals surface area (Å²) in [6.07, 6.45) is 0. The Balaban J connectivity index is 0.00000144. The number of rotatable bonds is 2. The second-order valence-electron chi connectivity index (χ2n) is 2.26. The molecule has 0 aliphatic carbocycles. The lowest BCUT2D eigenvalue weighted by atomic mass is 10.2. The van der Waals surface area contributed by atoms with Crippen molar-refractivity contribution in [2.45, 2.75) is 6.54 Å². The fourth-order valence-electron chi connectivity index (χ4n) is 0.887. The Morgan fingerprint density at radius 1 is 1.31 bits per heavy atom. The Morgan fingerprint density at radius 3 is 2.38 bits per heavy atom. The molecule has 0 radical (unpaired) electrons. The van der Waals surface area contributed by atoms with Crippen LogP contribution in [0.25, 0.3) is 0 Å². The van der Waals surface area contributed by atoms with Crippen molar-refractivity contribution < 1.29 is 13.5 Å². The maximum absolute atomic E-state index is 12.9. The van der Waals surface area contributed by atoms with E-state index in [1.54, 1.807) is 0 Å². The Bertz CT molecular complexity index is 265. The van der Waals surface area contributed by atoms with E-state index in [4.69, 9.17) is 5.73 Å². The maximum atomic E-state index is 12.9. The zero-order valence-corrected chi connectivity index (χ0v) is 7.83. The van der Waals surface area contributed by atoms with Gasteiger partial charge in [-0.15, -0.1) is 12.4 Å². The van der Waals surface area contributed by atoms with Gasteiger partial charge in [-0.05, 0) is 6.07 Å². The highest BCUT2D eigenvalue weighted by atomic mass is 35.5. The number of benzene rings is 1. The molecule has 0 aromatic heterocycles. The van der Waals surface area contributed by atoms with E-state index in [0.29, 0.717) is 0 Å². The van der Waals surface area contributed by atoms with Gasteiger partial charge in [0.2, 0.25) is 5.82 Å². The minimum absolute atomic E-state index is 0. The van der Waals surface area contributed by atoms with Gasteiger partial charge < -0.3 is 10.5 Å². The number of halogens is 3. The fraction of sp³-hybridized carbons (Fsp3) is 0.250. The molecule has 0 heterocycles. The van der Waals surface area contributed by atoms with Crippen LogP contribution in [-0.4, -0.2) is 7.11 Å². The van der Waals surface area contributed by atoms with Crippen LogP contribution in [0.3, 0.4) is 0 Å². The van der Waals surface area contributed by atoms with Crippen molar-refractivity contribution >= 4 is 12.4 Å². The molecule has 13 heavy (non-hydrogen) atoms. The Morgan fingerprint density at radius 2 is 1.92 bits per heavy atom. The van der Waals surface area contributed by atoms with Gasteiger partial charge in [-0.25, -0.2) is 4.39 Å². The van der Waals surface area contributed by atoms with Crippen molar-refractivity contribution in [2.24, 2.45) is 5.73 Å². The third-order valence-corrected chi connectivity index (χ3v) is 1.57. The largest absolute Gasteiger partial charge is 0.494 e. The third-order valence-electron chi connectivity index (χ3n) is 1.57. The molecule has 0 aliphatic rings. The number of methoxy groups -OCH3 is 1. The molecule has 0 spiro atoms. The minimum Gasteiger partial charge on any atom is -0.494 e. The SMILES string of the molecule is COc1ccc(CN)c(F)c1F.Cl. The summed E-state index contributed by atoms with van der Waals surface area (Å²) in [5, 5.41) is 0. The van der Waals surface area contributed by atoms with Gasteiger partial charge >= 0.3 is 0 Å². The summed E-state index contributed by atoms with van der Waals surface area (Å²) in [4.78, 5) is 0. The van der Waals surface area contributed by atoms with E-state index in [-0.39, 0.29) is 30.3 Å². The smallest absolute Gasteiger partial charge is 0.200 e. The van der Waals surface area contributed by atoms with E-state index in [0.717, 1.165) is 0 Å². The zero-order valence-electron chi connectivity index (χ0n) is 7.01. The monoisotopic (exact) mass is 209 g/mol. The fourth-order valence-corrected chi connectivity index (χ4v) is 0.887. The highest BCUT2D eigenvalue weighted by Gasteiger charge is 2.11. The lowest BCUT2D eigenvalue weighted by Crippen LogP contribution is -2.03. The molecular formula is C8H10ClF2NO. The molecule has 0 bridgehead atoms. The van der Waals surface area contributed by atoms with Crippen LogP contribution in [0.2, 0.25) is 0 Å². The Kier molecular flexibility index (Phi) is 4.66. The minimum atomic E-state index is -0.986. The highest BCUT2D eigenvalue weighted by Crippen LogP contribution is 2.21. The zero-order chi connectivity index (χ0) is 9.14. The van der Waals surface area contributed by atoms with Gasteiger partial charge in [0.25, 0.3) is 0 Å². The molecule has 1 aromatic carbocycles. The molecule has 0 unspecified atom stereocenters. The van der Waals surface area contributed by atoms with Crippen LogP contribution >= 0.6 is 12.4 Å². The van der Waals surface area contributed by atoms with Crippen LogP contribution in [0.15, 0.2) is 12.1 Å². The Hall–Kier alpha value is -0.870. The number of nitrogens with two attached hydrogens (primary N) is 1. The van der Waals surface area contributed by atoms with Crippen molar-refractivity contribution in [2.75, 3.05) is 7.11 Å². The number of hydrogen-bond acceptors (Lipinski definition) is 2. The van der Waals surface area contributed by atoms with Gasteiger partial charge in [0.1, 0.15) is 0 Å². The first-order valence-electron chi connectivity index (χ1n) is 3.41. The predicted octanol–water partition coefficient (Wildman–Crippen LogP) is 1.85. The topological polar surface area (TPSA) is 35.2 Å². The summed E-state index contributed by atoms with van der Waals surface area (Å²) in [5.74, 6) is -2.03. The van der Waals surface area contributed by atoms with Crippen LogP contribution in [-0.2, 0) is 6.54 Å². The molecule has 2 N–H and O–H groups in total. The van der Waals surface area contributed by atoms with E-state index in [9.17, 15) is 8.78 Å². The van der Waals surface area contributed by atoms with Crippen molar-refractivity contribution in [3.63, 3.8) is 0 Å². The Labute approximate surface area is 81.1 Å². The van der Waals surface area contributed by atoms with Gasteiger partial charge in [-0.1, -0.05) is 6.07 Å². The molecule has 1 rings (SSSR count). The van der Waals surface area contributed by atoms with Gasteiger partial charge in [0, 0.05) is 12.1 Å². The summed E-state index contributed by atoms with van der Waals surface area (Å²) < 4.78 is 30.4. The number of ether oxygens (including phenoxy) is 1. The quantitative estimate of drug-likeness (QED) is 0.807. The average molecular weight is 210 g/mol.